The Bertz CT molecular complexity index is 1710. The SMILES string of the molecule is c1ccc(-c2ccnc3[nH]c(-c4n[nH]c5cnc(-c6cncc(CNCC7CCCC7)c6)cc45)nc23)nc1. The van der Waals surface area contributed by atoms with Crippen LogP contribution in [0.4, 0.5) is 0 Å². The summed E-state index contributed by atoms with van der Waals surface area (Å²) < 4.78 is 0. The number of rotatable bonds is 7. The molecule has 188 valence electrons. The number of aromatic amines is 2. The van der Waals surface area contributed by atoms with E-state index in [1.807, 2.05) is 48.9 Å². The van der Waals surface area contributed by atoms with Crippen LogP contribution < -0.4 is 5.32 Å². The molecule has 0 amide bonds. The van der Waals surface area contributed by atoms with E-state index >= 15 is 0 Å². The van der Waals surface area contributed by atoms with Crippen molar-refractivity contribution in [2.45, 2.75) is 32.2 Å². The van der Waals surface area contributed by atoms with E-state index in [2.05, 4.69) is 46.5 Å². The molecule has 3 N–H and O–H groups in total. The van der Waals surface area contributed by atoms with Crippen molar-refractivity contribution in [3.8, 4) is 34.0 Å². The Morgan fingerprint density at radius 1 is 0.921 bits per heavy atom. The fourth-order valence-electron chi connectivity index (χ4n) is 5.37. The Kier molecular flexibility index (Phi) is 5.82. The van der Waals surface area contributed by atoms with Gasteiger partial charge in [0.1, 0.15) is 11.2 Å². The van der Waals surface area contributed by atoms with Crippen molar-refractivity contribution < 1.29 is 0 Å². The number of hydrogen-bond acceptors (Lipinski definition) is 7. The third-order valence-corrected chi connectivity index (χ3v) is 7.32. The second-order valence-corrected chi connectivity index (χ2v) is 9.91. The molecule has 0 aliphatic heterocycles. The summed E-state index contributed by atoms with van der Waals surface area (Å²) in [4.78, 5) is 26.4. The van der Waals surface area contributed by atoms with Gasteiger partial charge in [0.25, 0.3) is 0 Å². The van der Waals surface area contributed by atoms with Gasteiger partial charge >= 0.3 is 0 Å². The number of fused-ring (bicyclic) bond motifs is 2. The zero-order valence-electron chi connectivity index (χ0n) is 20.9. The van der Waals surface area contributed by atoms with Crippen molar-refractivity contribution in [3.63, 3.8) is 0 Å². The summed E-state index contributed by atoms with van der Waals surface area (Å²) in [5.74, 6) is 1.45. The zero-order valence-corrected chi connectivity index (χ0v) is 20.9. The van der Waals surface area contributed by atoms with Gasteiger partial charge in [-0.05, 0) is 61.2 Å². The van der Waals surface area contributed by atoms with E-state index in [9.17, 15) is 0 Å². The lowest BCUT2D eigenvalue weighted by molar-refractivity contribution is 0.489. The first-order chi connectivity index (χ1) is 18.8. The fourth-order valence-corrected chi connectivity index (χ4v) is 5.37. The topological polar surface area (TPSA) is 121 Å². The molecule has 6 aromatic rings. The Balaban J connectivity index is 1.20. The minimum absolute atomic E-state index is 0.641. The molecule has 0 spiro atoms. The number of imidazole rings is 1. The standard InChI is InChI=1S/C29H27N9/c1-2-6-18(5-1)13-30-14-19-11-20(16-31-15-19)24-12-22-25(17-34-24)37-38-27(22)29-35-26-21(8-10-33-28(26)36-29)23-7-3-4-9-32-23/h3-4,7-12,15-18,30H,1-2,5-6,13-14H2,(H,37,38)(H,33,35,36). The van der Waals surface area contributed by atoms with Gasteiger partial charge in [-0.2, -0.15) is 5.10 Å². The quantitative estimate of drug-likeness (QED) is 0.271. The summed E-state index contributed by atoms with van der Waals surface area (Å²) in [5, 5.41) is 12.2. The smallest absolute Gasteiger partial charge is 0.160 e. The molecule has 1 aliphatic carbocycles. The van der Waals surface area contributed by atoms with Crippen molar-refractivity contribution in [2.24, 2.45) is 5.92 Å². The zero-order chi connectivity index (χ0) is 25.3. The molecular weight excluding hydrogens is 474 g/mol. The molecule has 38 heavy (non-hydrogen) atoms. The van der Waals surface area contributed by atoms with Crippen LogP contribution in [0.25, 0.3) is 56.1 Å². The summed E-state index contributed by atoms with van der Waals surface area (Å²) in [7, 11) is 0. The van der Waals surface area contributed by atoms with Gasteiger partial charge in [0.15, 0.2) is 11.5 Å². The van der Waals surface area contributed by atoms with Crippen LogP contribution >= 0.6 is 0 Å². The highest BCUT2D eigenvalue weighted by Gasteiger charge is 2.18. The fraction of sp³-hybridized carbons (Fsp3) is 0.241. The van der Waals surface area contributed by atoms with Crippen LogP contribution in [0.15, 0.2) is 67.4 Å². The van der Waals surface area contributed by atoms with Crippen molar-refractivity contribution in [1.29, 1.82) is 0 Å². The Morgan fingerprint density at radius 3 is 2.76 bits per heavy atom. The Morgan fingerprint density at radius 2 is 1.87 bits per heavy atom. The molecule has 0 aromatic carbocycles. The molecular formula is C29H27N9. The highest BCUT2D eigenvalue weighted by atomic mass is 15.1. The number of nitrogens with zero attached hydrogens (tertiary/aromatic N) is 6. The maximum Gasteiger partial charge on any atom is 0.160 e. The highest BCUT2D eigenvalue weighted by molar-refractivity contribution is 5.96. The summed E-state index contributed by atoms with van der Waals surface area (Å²) in [5.41, 5.74) is 7.74. The highest BCUT2D eigenvalue weighted by Crippen LogP contribution is 2.31. The minimum atomic E-state index is 0.641. The van der Waals surface area contributed by atoms with Crippen molar-refractivity contribution >= 4 is 22.1 Å². The third kappa shape index (κ3) is 4.31. The van der Waals surface area contributed by atoms with Gasteiger partial charge in [0.05, 0.1) is 23.1 Å². The average molecular weight is 502 g/mol. The van der Waals surface area contributed by atoms with E-state index in [0.717, 1.165) is 69.2 Å². The molecule has 6 aromatic heterocycles. The molecule has 1 saturated carbocycles. The lowest BCUT2D eigenvalue weighted by Crippen LogP contribution is -2.20. The number of hydrogen-bond donors (Lipinski definition) is 3. The molecule has 1 aliphatic rings. The van der Waals surface area contributed by atoms with Crippen LogP contribution in [0.1, 0.15) is 31.2 Å². The minimum Gasteiger partial charge on any atom is -0.321 e. The molecule has 0 atom stereocenters. The van der Waals surface area contributed by atoms with Gasteiger partial charge in [-0.3, -0.25) is 20.1 Å². The maximum atomic E-state index is 4.88. The largest absolute Gasteiger partial charge is 0.321 e. The van der Waals surface area contributed by atoms with E-state index in [1.54, 1.807) is 12.4 Å². The lowest BCUT2D eigenvalue weighted by atomic mass is 10.1. The van der Waals surface area contributed by atoms with Crippen LogP contribution in [-0.2, 0) is 6.54 Å². The maximum absolute atomic E-state index is 4.88. The molecule has 0 unspecified atom stereocenters. The molecule has 0 bridgehead atoms. The first-order valence-electron chi connectivity index (χ1n) is 13.1. The summed E-state index contributed by atoms with van der Waals surface area (Å²) in [6, 6.07) is 12.0. The second-order valence-electron chi connectivity index (χ2n) is 9.91. The van der Waals surface area contributed by atoms with Crippen molar-refractivity contribution in [2.75, 3.05) is 6.54 Å². The van der Waals surface area contributed by atoms with Crippen LogP contribution in [0.3, 0.4) is 0 Å². The predicted octanol–water partition coefficient (Wildman–Crippen LogP) is 5.30. The monoisotopic (exact) mass is 501 g/mol. The molecule has 7 rings (SSSR count). The van der Waals surface area contributed by atoms with Gasteiger partial charge in [-0.25, -0.2) is 9.97 Å². The van der Waals surface area contributed by atoms with Gasteiger partial charge in [0.2, 0.25) is 0 Å². The van der Waals surface area contributed by atoms with Crippen LogP contribution in [0, 0.1) is 5.92 Å². The normalized spacial score (nSPS) is 14.1. The number of aromatic nitrogens is 8. The van der Waals surface area contributed by atoms with Gasteiger partial charge in [-0.1, -0.05) is 18.9 Å². The molecule has 0 radical (unpaired) electrons. The number of nitrogens with one attached hydrogen (secondary N) is 3. The lowest BCUT2D eigenvalue weighted by Gasteiger charge is -2.11. The van der Waals surface area contributed by atoms with Crippen LogP contribution in [0.5, 0.6) is 0 Å². The van der Waals surface area contributed by atoms with Crippen molar-refractivity contribution in [1.82, 2.24) is 45.4 Å². The van der Waals surface area contributed by atoms with E-state index < -0.39 is 0 Å². The van der Waals surface area contributed by atoms with E-state index in [1.165, 1.54) is 25.7 Å². The molecule has 9 heteroatoms. The molecule has 1 fully saturated rings. The molecule has 0 saturated heterocycles. The second kappa shape index (κ2) is 9.75. The first kappa shape index (κ1) is 22.7. The van der Waals surface area contributed by atoms with Crippen LogP contribution in [-0.4, -0.2) is 46.6 Å². The Hall–Kier alpha value is -4.50. The Labute approximate surface area is 219 Å². The number of pyridine rings is 4. The molecule has 6 heterocycles. The van der Waals surface area contributed by atoms with Gasteiger partial charge < -0.3 is 10.3 Å². The van der Waals surface area contributed by atoms with Gasteiger partial charge in [-0.15, -0.1) is 0 Å². The van der Waals surface area contributed by atoms with E-state index in [4.69, 9.17) is 4.98 Å². The van der Waals surface area contributed by atoms with Crippen LogP contribution in [0.2, 0.25) is 0 Å². The average Bonchev–Trinajstić information content (AvgIpc) is 3.73. The summed E-state index contributed by atoms with van der Waals surface area (Å²) >= 11 is 0. The third-order valence-electron chi connectivity index (χ3n) is 7.32. The number of H-pyrrole nitrogens is 2. The van der Waals surface area contributed by atoms with Gasteiger partial charge in [0, 0.05) is 47.8 Å². The molecule has 9 nitrogen and oxygen atoms in total. The summed E-state index contributed by atoms with van der Waals surface area (Å²) in [6.45, 7) is 1.88. The first-order valence-corrected chi connectivity index (χ1v) is 13.1. The van der Waals surface area contributed by atoms with E-state index in [-0.39, 0.29) is 0 Å². The summed E-state index contributed by atoms with van der Waals surface area (Å²) in [6.07, 6.45) is 14.6. The van der Waals surface area contributed by atoms with Crippen molar-refractivity contribution in [3.05, 3.63) is 72.9 Å². The predicted molar refractivity (Wildman–Crippen MR) is 147 cm³/mol. The van der Waals surface area contributed by atoms with E-state index in [0.29, 0.717) is 11.5 Å².